The number of thiophene rings is 1. The molecular formula is C16H23N3O2S. The molecule has 0 aliphatic heterocycles. The zero-order valence-electron chi connectivity index (χ0n) is 12.9. The number of rotatable bonds is 6. The van der Waals surface area contributed by atoms with E-state index in [1.807, 2.05) is 17.5 Å². The maximum Gasteiger partial charge on any atom is 0.257 e. The van der Waals surface area contributed by atoms with Crippen molar-refractivity contribution in [3.05, 3.63) is 23.4 Å². The molecule has 1 saturated carbocycles. The van der Waals surface area contributed by atoms with Crippen molar-refractivity contribution in [2.24, 2.45) is 5.92 Å². The van der Waals surface area contributed by atoms with Gasteiger partial charge in [0, 0.05) is 5.54 Å². The number of aliphatic hydroxyl groups excluding tert-OH is 1. The highest BCUT2D eigenvalue weighted by atomic mass is 32.1. The third kappa shape index (κ3) is 3.39. The molecule has 1 aliphatic rings. The second kappa shape index (κ2) is 6.89. The lowest BCUT2D eigenvalue weighted by molar-refractivity contribution is 0.0915. The largest absolute Gasteiger partial charge is 0.419 e. The smallest absolute Gasteiger partial charge is 0.257 e. The molecule has 0 aromatic carbocycles. The molecule has 1 fully saturated rings. The first kappa shape index (κ1) is 15.6. The van der Waals surface area contributed by atoms with Crippen LogP contribution in [-0.4, -0.2) is 27.4 Å². The first-order valence-corrected chi connectivity index (χ1v) is 8.81. The lowest BCUT2D eigenvalue weighted by Crippen LogP contribution is -2.52. The zero-order valence-corrected chi connectivity index (χ0v) is 13.7. The van der Waals surface area contributed by atoms with E-state index >= 15 is 0 Å². The summed E-state index contributed by atoms with van der Waals surface area (Å²) in [5, 5.41) is 23.5. The van der Waals surface area contributed by atoms with E-state index in [-0.39, 0.29) is 12.1 Å². The summed E-state index contributed by atoms with van der Waals surface area (Å²) in [7, 11) is 0. The Labute approximate surface area is 134 Å². The van der Waals surface area contributed by atoms with E-state index in [0.29, 0.717) is 24.2 Å². The molecule has 2 aromatic heterocycles. The van der Waals surface area contributed by atoms with Crippen LogP contribution in [0.25, 0.3) is 10.8 Å². The number of hydrogen-bond donors (Lipinski definition) is 2. The van der Waals surface area contributed by atoms with Gasteiger partial charge in [-0.1, -0.05) is 25.3 Å². The van der Waals surface area contributed by atoms with E-state index in [2.05, 4.69) is 22.4 Å². The molecule has 1 aliphatic carbocycles. The molecule has 5 nitrogen and oxygen atoms in total. The van der Waals surface area contributed by atoms with Crippen molar-refractivity contribution in [1.82, 2.24) is 15.5 Å². The monoisotopic (exact) mass is 321 g/mol. The minimum Gasteiger partial charge on any atom is -0.419 e. The number of aliphatic hydroxyl groups is 1. The summed E-state index contributed by atoms with van der Waals surface area (Å²) < 4.78 is 5.70. The Kier molecular flexibility index (Phi) is 4.90. The van der Waals surface area contributed by atoms with E-state index < -0.39 is 0 Å². The van der Waals surface area contributed by atoms with Gasteiger partial charge in [0.15, 0.2) is 0 Å². The molecule has 0 saturated heterocycles. The predicted molar refractivity (Wildman–Crippen MR) is 86.5 cm³/mol. The van der Waals surface area contributed by atoms with E-state index in [4.69, 9.17) is 4.42 Å². The first-order valence-electron chi connectivity index (χ1n) is 7.93. The molecule has 2 heterocycles. The van der Waals surface area contributed by atoms with Crippen molar-refractivity contribution in [1.29, 1.82) is 0 Å². The van der Waals surface area contributed by atoms with Crippen LogP contribution < -0.4 is 5.32 Å². The van der Waals surface area contributed by atoms with Crippen LogP contribution in [0, 0.1) is 5.92 Å². The molecule has 0 radical (unpaired) electrons. The highest BCUT2D eigenvalue weighted by molar-refractivity contribution is 7.13. The van der Waals surface area contributed by atoms with Crippen molar-refractivity contribution in [2.45, 2.75) is 51.1 Å². The number of hydrogen-bond acceptors (Lipinski definition) is 6. The Morgan fingerprint density at radius 2 is 2.18 bits per heavy atom. The molecule has 6 heteroatoms. The van der Waals surface area contributed by atoms with E-state index in [1.54, 1.807) is 11.3 Å². The summed E-state index contributed by atoms with van der Waals surface area (Å²) in [5.74, 6) is 1.64. The maximum absolute atomic E-state index is 9.84. The summed E-state index contributed by atoms with van der Waals surface area (Å²) in [6, 6.07) is 3.93. The van der Waals surface area contributed by atoms with Gasteiger partial charge in [-0.2, -0.15) is 0 Å². The summed E-state index contributed by atoms with van der Waals surface area (Å²) >= 11 is 1.58. The van der Waals surface area contributed by atoms with Crippen LogP contribution in [-0.2, 0) is 6.54 Å². The van der Waals surface area contributed by atoms with Gasteiger partial charge in [-0.05, 0) is 37.1 Å². The fourth-order valence-electron chi connectivity index (χ4n) is 3.17. The number of aromatic nitrogens is 2. The van der Waals surface area contributed by atoms with Crippen LogP contribution in [0.1, 0.15) is 44.9 Å². The first-order chi connectivity index (χ1) is 10.7. The molecule has 0 bridgehead atoms. The Morgan fingerprint density at radius 3 is 2.86 bits per heavy atom. The van der Waals surface area contributed by atoms with Gasteiger partial charge in [0.05, 0.1) is 18.0 Å². The minimum atomic E-state index is -0.280. The number of nitrogens with zero attached hydrogens (tertiary/aromatic N) is 2. The highest BCUT2D eigenvalue weighted by Gasteiger charge is 2.34. The van der Waals surface area contributed by atoms with Crippen LogP contribution in [0.2, 0.25) is 0 Å². The van der Waals surface area contributed by atoms with E-state index in [0.717, 1.165) is 4.88 Å². The van der Waals surface area contributed by atoms with Gasteiger partial charge in [-0.15, -0.1) is 21.5 Å². The molecule has 3 rings (SSSR count). The van der Waals surface area contributed by atoms with Crippen molar-refractivity contribution in [2.75, 3.05) is 6.61 Å². The van der Waals surface area contributed by atoms with Crippen LogP contribution in [0.15, 0.2) is 21.9 Å². The third-order valence-corrected chi connectivity index (χ3v) is 5.53. The average Bonchev–Trinajstić information content (AvgIpc) is 3.24. The lowest BCUT2D eigenvalue weighted by atomic mass is 9.76. The van der Waals surface area contributed by atoms with Gasteiger partial charge in [0.25, 0.3) is 5.89 Å². The van der Waals surface area contributed by atoms with Crippen molar-refractivity contribution < 1.29 is 9.52 Å². The van der Waals surface area contributed by atoms with Gasteiger partial charge in [-0.25, -0.2) is 0 Å². The molecule has 0 amide bonds. The maximum atomic E-state index is 9.84. The second-order valence-corrected chi connectivity index (χ2v) is 7.19. The third-order valence-electron chi connectivity index (χ3n) is 4.68. The molecule has 2 N–H and O–H groups in total. The van der Waals surface area contributed by atoms with E-state index in [9.17, 15) is 5.11 Å². The summed E-state index contributed by atoms with van der Waals surface area (Å²) in [4.78, 5) is 0.982. The summed E-state index contributed by atoms with van der Waals surface area (Å²) in [6.45, 7) is 2.72. The summed E-state index contributed by atoms with van der Waals surface area (Å²) in [6.07, 6.45) is 6.17. The molecular weight excluding hydrogens is 298 g/mol. The van der Waals surface area contributed by atoms with Crippen LogP contribution in [0.4, 0.5) is 0 Å². The Morgan fingerprint density at radius 1 is 1.36 bits per heavy atom. The zero-order chi connectivity index (χ0) is 15.4. The standard InChI is InChI=1S/C16H23N3O2S/c1-16(11-20,12-6-3-2-4-7-12)17-10-14-18-19-15(21-14)13-8-5-9-22-13/h5,8-9,12,17,20H,2-4,6-7,10-11H2,1H3/t16-/m0/s1. The SMILES string of the molecule is C[C@@](CO)(NCc1nnc(-c2cccs2)o1)C1CCCCC1. The summed E-state index contributed by atoms with van der Waals surface area (Å²) in [5.41, 5.74) is -0.280. The molecule has 1 atom stereocenters. The normalized spacial score (nSPS) is 19.2. The van der Waals surface area contributed by atoms with E-state index in [1.165, 1.54) is 32.1 Å². The highest BCUT2D eigenvalue weighted by Crippen LogP contribution is 2.32. The molecule has 120 valence electrons. The van der Waals surface area contributed by atoms with Gasteiger partial charge in [0.2, 0.25) is 5.89 Å². The number of nitrogens with one attached hydrogen (secondary N) is 1. The molecule has 2 aromatic rings. The molecule has 0 spiro atoms. The lowest BCUT2D eigenvalue weighted by Gasteiger charge is -2.39. The van der Waals surface area contributed by atoms with Crippen LogP contribution in [0.5, 0.6) is 0 Å². The van der Waals surface area contributed by atoms with Gasteiger partial charge in [0.1, 0.15) is 0 Å². The Hall–Kier alpha value is -1.24. The topological polar surface area (TPSA) is 71.2 Å². The van der Waals surface area contributed by atoms with Gasteiger partial charge < -0.3 is 14.8 Å². The van der Waals surface area contributed by atoms with Crippen molar-refractivity contribution in [3.8, 4) is 10.8 Å². The van der Waals surface area contributed by atoms with Crippen LogP contribution >= 0.6 is 11.3 Å². The minimum absolute atomic E-state index is 0.129. The van der Waals surface area contributed by atoms with Crippen molar-refractivity contribution >= 4 is 11.3 Å². The molecule has 22 heavy (non-hydrogen) atoms. The van der Waals surface area contributed by atoms with Crippen molar-refractivity contribution in [3.63, 3.8) is 0 Å². The Bertz CT molecular complexity index is 578. The fourth-order valence-corrected chi connectivity index (χ4v) is 3.82. The second-order valence-electron chi connectivity index (χ2n) is 6.24. The Balaban J connectivity index is 1.63. The average molecular weight is 321 g/mol. The molecule has 0 unspecified atom stereocenters. The van der Waals surface area contributed by atoms with Gasteiger partial charge >= 0.3 is 0 Å². The quantitative estimate of drug-likeness (QED) is 0.855. The fraction of sp³-hybridized carbons (Fsp3) is 0.625. The van der Waals surface area contributed by atoms with Crippen LogP contribution in [0.3, 0.4) is 0 Å². The predicted octanol–water partition coefficient (Wildman–Crippen LogP) is 3.22. The van der Waals surface area contributed by atoms with Gasteiger partial charge in [-0.3, -0.25) is 0 Å².